The molecule has 138 valence electrons. The molecule has 0 amide bonds. The molecule has 0 aliphatic rings. The van der Waals surface area contributed by atoms with Crippen LogP contribution in [-0.4, -0.2) is 19.5 Å². The summed E-state index contributed by atoms with van der Waals surface area (Å²) >= 11 is 6.31. The largest absolute Gasteiger partial charge is 0.268 e. The molecular formula is C21H14ClFN4O. The minimum atomic E-state index is -0.506. The molecule has 0 aliphatic carbocycles. The molecular weight excluding hydrogens is 379 g/mol. The van der Waals surface area contributed by atoms with E-state index in [1.165, 1.54) is 22.8 Å². The normalized spacial score (nSPS) is 11.4. The summed E-state index contributed by atoms with van der Waals surface area (Å²) in [7, 11) is 0. The van der Waals surface area contributed by atoms with Crippen LogP contribution in [0.3, 0.4) is 0 Å². The average Bonchev–Trinajstić information content (AvgIpc) is 2.68. The van der Waals surface area contributed by atoms with Crippen LogP contribution in [-0.2, 0) is 0 Å². The lowest BCUT2D eigenvalue weighted by Gasteiger charge is -2.12. The average molecular weight is 393 g/mol. The second kappa shape index (κ2) is 7.32. The zero-order valence-electron chi connectivity index (χ0n) is 14.8. The first-order valence-corrected chi connectivity index (χ1v) is 8.86. The van der Waals surface area contributed by atoms with Crippen molar-refractivity contribution in [2.75, 3.05) is 0 Å². The van der Waals surface area contributed by atoms with Crippen molar-refractivity contribution in [3.63, 3.8) is 0 Å². The molecule has 0 saturated heterocycles. The summed E-state index contributed by atoms with van der Waals surface area (Å²) in [4.78, 5) is 26.2. The van der Waals surface area contributed by atoms with E-state index in [0.717, 1.165) is 5.69 Å². The van der Waals surface area contributed by atoms with E-state index in [1.807, 2.05) is 6.92 Å². The lowest BCUT2D eigenvalue weighted by atomic mass is 10.2. The smallest absolute Gasteiger partial charge is 0.266 e. The maximum atomic E-state index is 13.7. The molecule has 2 aromatic carbocycles. The van der Waals surface area contributed by atoms with Gasteiger partial charge in [0.15, 0.2) is 5.82 Å². The van der Waals surface area contributed by atoms with E-state index in [-0.39, 0.29) is 5.39 Å². The third kappa shape index (κ3) is 3.42. The van der Waals surface area contributed by atoms with Crippen LogP contribution in [0, 0.1) is 12.7 Å². The highest BCUT2D eigenvalue weighted by atomic mass is 35.5. The van der Waals surface area contributed by atoms with Crippen molar-refractivity contribution in [2.45, 2.75) is 6.92 Å². The fraction of sp³-hybridized carbons (Fsp3) is 0.0476. The minimum absolute atomic E-state index is 0.170. The Hall–Kier alpha value is -3.38. The Bertz CT molecular complexity index is 1280. The third-order valence-electron chi connectivity index (χ3n) is 4.14. The number of nitrogens with zero attached hydrogens (tertiary/aromatic N) is 4. The van der Waals surface area contributed by atoms with Gasteiger partial charge in [0, 0.05) is 11.9 Å². The highest BCUT2D eigenvalue weighted by Gasteiger charge is 2.14. The first-order chi connectivity index (χ1) is 13.5. The molecule has 5 nitrogen and oxygen atoms in total. The molecule has 0 atom stereocenters. The van der Waals surface area contributed by atoms with Crippen LogP contribution in [0.2, 0.25) is 5.02 Å². The number of halogens is 2. The van der Waals surface area contributed by atoms with Crippen molar-refractivity contribution in [1.82, 2.24) is 19.5 Å². The highest BCUT2D eigenvalue weighted by molar-refractivity contribution is 6.32. The van der Waals surface area contributed by atoms with Gasteiger partial charge in [0.1, 0.15) is 11.6 Å². The number of hydrogen-bond acceptors (Lipinski definition) is 4. The van der Waals surface area contributed by atoms with Gasteiger partial charge < -0.3 is 0 Å². The van der Waals surface area contributed by atoms with Gasteiger partial charge in [0.2, 0.25) is 0 Å². The Morgan fingerprint density at radius 3 is 2.68 bits per heavy atom. The van der Waals surface area contributed by atoms with Crippen molar-refractivity contribution in [2.24, 2.45) is 0 Å². The highest BCUT2D eigenvalue weighted by Crippen LogP contribution is 2.22. The second-order valence-electron chi connectivity index (χ2n) is 6.11. The fourth-order valence-corrected chi connectivity index (χ4v) is 3.07. The lowest BCUT2D eigenvalue weighted by Crippen LogP contribution is -2.22. The maximum absolute atomic E-state index is 13.7. The van der Waals surface area contributed by atoms with E-state index in [0.29, 0.717) is 27.9 Å². The zero-order chi connectivity index (χ0) is 19.7. The van der Waals surface area contributed by atoms with Gasteiger partial charge in [-0.05, 0) is 55.5 Å². The van der Waals surface area contributed by atoms with Crippen molar-refractivity contribution in [3.8, 4) is 5.69 Å². The predicted octanol–water partition coefficient (Wildman–Crippen LogP) is 4.45. The van der Waals surface area contributed by atoms with Gasteiger partial charge in [0.25, 0.3) is 5.56 Å². The molecule has 0 N–H and O–H groups in total. The molecule has 0 saturated carbocycles. The molecule has 2 heterocycles. The van der Waals surface area contributed by atoms with Gasteiger partial charge in [-0.25, -0.2) is 19.3 Å². The van der Waals surface area contributed by atoms with Crippen molar-refractivity contribution >= 4 is 34.7 Å². The Kier molecular flexibility index (Phi) is 4.71. The van der Waals surface area contributed by atoms with Gasteiger partial charge >= 0.3 is 0 Å². The van der Waals surface area contributed by atoms with Crippen LogP contribution in [0.25, 0.3) is 28.7 Å². The summed E-state index contributed by atoms with van der Waals surface area (Å²) in [5.41, 5.74) is 1.25. The standard InChI is InChI=1S/C21H14ClFN4O/c1-13-10-11-24-19(25-13)8-9-20-26-17-7-6-14(23)12-15(17)21(28)27(20)18-5-3-2-4-16(18)22/h2-12H,1H3/b9-8+. The van der Waals surface area contributed by atoms with E-state index < -0.39 is 11.4 Å². The van der Waals surface area contributed by atoms with Crippen molar-refractivity contribution in [1.29, 1.82) is 0 Å². The topological polar surface area (TPSA) is 60.7 Å². The molecule has 4 aromatic rings. The molecule has 0 spiro atoms. The molecule has 0 bridgehead atoms. The molecule has 7 heteroatoms. The Morgan fingerprint density at radius 2 is 1.89 bits per heavy atom. The maximum Gasteiger partial charge on any atom is 0.266 e. The van der Waals surface area contributed by atoms with E-state index in [1.54, 1.807) is 48.7 Å². The van der Waals surface area contributed by atoms with Gasteiger partial charge in [-0.15, -0.1) is 0 Å². The molecule has 4 rings (SSSR count). The fourth-order valence-electron chi connectivity index (χ4n) is 2.85. The quantitative estimate of drug-likeness (QED) is 0.517. The first-order valence-electron chi connectivity index (χ1n) is 8.48. The number of fused-ring (bicyclic) bond motifs is 1. The summed E-state index contributed by atoms with van der Waals surface area (Å²) in [6.45, 7) is 1.86. The van der Waals surface area contributed by atoms with Crippen LogP contribution in [0.5, 0.6) is 0 Å². The van der Waals surface area contributed by atoms with Crippen LogP contribution >= 0.6 is 11.6 Å². The molecule has 28 heavy (non-hydrogen) atoms. The summed E-state index contributed by atoms with van der Waals surface area (Å²) in [6, 6.07) is 12.6. The number of hydrogen-bond donors (Lipinski definition) is 0. The van der Waals surface area contributed by atoms with E-state index in [2.05, 4.69) is 15.0 Å². The summed E-state index contributed by atoms with van der Waals surface area (Å²) in [5.74, 6) is 0.315. The van der Waals surface area contributed by atoms with E-state index >= 15 is 0 Å². The van der Waals surface area contributed by atoms with Gasteiger partial charge in [-0.1, -0.05) is 23.7 Å². The number of aryl methyl sites for hydroxylation is 1. The second-order valence-corrected chi connectivity index (χ2v) is 6.52. The summed E-state index contributed by atoms with van der Waals surface area (Å²) in [6.07, 6.45) is 4.96. The number of benzene rings is 2. The number of para-hydroxylation sites is 1. The number of aromatic nitrogens is 4. The van der Waals surface area contributed by atoms with Gasteiger partial charge in [-0.3, -0.25) is 9.36 Å². The van der Waals surface area contributed by atoms with Gasteiger partial charge in [-0.2, -0.15) is 0 Å². The molecule has 0 unspecified atom stereocenters. The third-order valence-corrected chi connectivity index (χ3v) is 4.46. The lowest BCUT2D eigenvalue weighted by molar-refractivity contribution is 0.629. The monoisotopic (exact) mass is 392 g/mol. The molecule has 0 radical (unpaired) electrons. The van der Waals surface area contributed by atoms with Crippen LogP contribution in [0.1, 0.15) is 17.3 Å². The Morgan fingerprint density at radius 1 is 1.07 bits per heavy atom. The first kappa shape index (κ1) is 18.0. The van der Waals surface area contributed by atoms with Crippen molar-refractivity contribution in [3.05, 3.63) is 93.3 Å². The minimum Gasteiger partial charge on any atom is -0.268 e. The Balaban J connectivity index is 1.98. The number of rotatable bonds is 3. The Labute approximate surface area is 164 Å². The van der Waals surface area contributed by atoms with Gasteiger partial charge in [0.05, 0.1) is 21.6 Å². The SMILES string of the molecule is Cc1ccnc(/C=C/c2nc3ccc(F)cc3c(=O)n2-c2ccccc2Cl)n1. The van der Waals surface area contributed by atoms with Crippen LogP contribution in [0.4, 0.5) is 4.39 Å². The zero-order valence-corrected chi connectivity index (χ0v) is 15.6. The van der Waals surface area contributed by atoms with E-state index in [9.17, 15) is 9.18 Å². The molecule has 2 aromatic heterocycles. The summed E-state index contributed by atoms with van der Waals surface area (Å²) in [5, 5.41) is 0.549. The van der Waals surface area contributed by atoms with E-state index in [4.69, 9.17) is 11.6 Å². The molecule has 0 fully saturated rings. The van der Waals surface area contributed by atoms with Crippen LogP contribution in [0.15, 0.2) is 59.5 Å². The predicted molar refractivity (Wildman–Crippen MR) is 108 cm³/mol. The molecule has 0 aliphatic heterocycles. The summed E-state index contributed by atoms with van der Waals surface area (Å²) < 4.78 is 15.1. The van der Waals surface area contributed by atoms with Crippen molar-refractivity contribution < 1.29 is 4.39 Å². The van der Waals surface area contributed by atoms with Crippen LogP contribution < -0.4 is 5.56 Å².